The van der Waals surface area contributed by atoms with E-state index in [1.807, 2.05) is 91.1 Å². The first-order chi connectivity index (χ1) is 25.4. The summed E-state index contributed by atoms with van der Waals surface area (Å²) in [6.45, 7) is 4.12. The number of carbonyl (C=O) groups excluding carboxylic acids is 1. The number of carbonyl (C=O) groups is 1. The molecule has 9 heteroatoms. The van der Waals surface area contributed by atoms with Gasteiger partial charge in [-0.2, -0.15) is 0 Å². The molecular weight excluding hydrogens is 651 g/mol. The van der Waals surface area contributed by atoms with E-state index in [9.17, 15) is 9.90 Å². The number of pyridine rings is 1. The smallest absolute Gasteiger partial charge is 0.271 e. The zero-order valence-electron chi connectivity index (χ0n) is 29.4. The van der Waals surface area contributed by atoms with Crippen LogP contribution in [0.5, 0.6) is 0 Å². The molecule has 0 unspecified atom stereocenters. The molecule has 2 N–H and O–H groups in total. The summed E-state index contributed by atoms with van der Waals surface area (Å²) in [6, 6.07) is 37.9. The van der Waals surface area contributed by atoms with Crippen LogP contribution in [-0.4, -0.2) is 57.1 Å². The van der Waals surface area contributed by atoms with Crippen LogP contribution in [0.4, 0.5) is 0 Å². The molecule has 6 aromatic rings. The topological polar surface area (TPSA) is 110 Å². The van der Waals surface area contributed by atoms with Gasteiger partial charge in [0.15, 0.2) is 6.29 Å². The Morgan fingerprint density at radius 3 is 2.37 bits per heavy atom. The number of hydrogen-bond acceptors (Lipinski definition) is 8. The highest BCUT2D eigenvalue weighted by atomic mass is 16.7. The van der Waals surface area contributed by atoms with Gasteiger partial charge in [0, 0.05) is 49.4 Å². The average Bonchev–Trinajstić information content (AvgIpc) is 3.20. The Hall–Kier alpha value is -5.32. The van der Waals surface area contributed by atoms with E-state index >= 15 is 0 Å². The van der Waals surface area contributed by atoms with Gasteiger partial charge in [-0.1, -0.05) is 85.8 Å². The molecule has 0 aliphatic carbocycles. The molecule has 0 bridgehead atoms. The first kappa shape index (κ1) is 35.1. The summed E-state index contributed by atoms with van der Waals surface area (Å²) >= 11 is 0. The zero-order valence-corrected chi connectivity index (χ0v) is 29.4. The molecule has 7 rings (SSSR count). The van der Waals surface area contributed by atoms with Gasteiger partial charge in [0.05, 0.1) is 36.0 Å². The molecule has 4 atom stereocenters. The van der Waals surface area contributed by atoms with Crippen LogP contribution in [0.3, 0.4) is 0 Å². The van der Waals surface area contributed by atoms with E-state index in [1.54, 1.807) is 0 Å². The van der Waals surface area contributed by atoms with E-state index in [-0.39, 0.29) is 36.3 Å². The molecule has 264 valence electrons. The third-order valence-electron chi connectivity index (χ3n) is 9.64. The number of amides is 1. The molecule has 0 radical (unpaired) electrons. The van der Waals surface area contributed by atoms with Gasteiger partial charge in [0.1, 0.15) is 5.69 Å². The molecule has 4 aromatic carbocycles. The molecule has 1 aliphatic rings. The summed E-state index contributed by atoms with van der Waals surface area (Å²) in [5.74, 6) is -0.201. The minimum atomic E-state index is -0.585. The Morgan fingerprint density at radius 2 is 1.58 bits per heavy atom. The van der Waals surface area contributed by atoms with Gasteiger partial charge in [-0.3, -0.25) is 14.8 Å². The molecule has 3 heterocycles. The van der Waals surface area contributed by atoms with Gasteiger partial charge in [0.25, 0.3) is 5.91 Å². The number of aromatic nitrogens is 3. The lowest BCUT2D eigenvalue weighted by Gasteiger charge is -2.42. The van der Waals surface area contributed by atoms with Crippen LogP contribution in [0.15, 0.2) is 128 Å². The Balaban J connectivity index is 1.07. The lowest BCUT2D eigenvalue weighted by molar-refractivity contribution is -0.275. The Labute approximate surface area is 304 Å². The first-order valence-corrected chi connectivity index (χ1v) is 17.7. The van der Waals surface area contributed by atoms with E-state index in [2.05, 4.69) is 69.5 Å². The van der Waals surface area contributed by atoms with Crippen molar-refractivity contribution >= 4 is 16.9 Å². The highest BCUT2D eigenvalue weighted by Crippen LogP contribution is 2.42. The van der Waals surface area contributed by atoms with E-state index in [4.69, 9.17) is 9.47 Å². The van der Waals surface area contributed by atoms with Crippen LogP contribution in [0.1, 0.15) is 57.8 Å². The number of para-hydroxylation sites is 2. The summed E-state index contributed by atoms with van der Waals surface area (Å²) < 4.78 is 13.5. The fraction of sp³-hybridized carbons (Fsp3) is 0.256. The molecule has 9 nitrogen and oxygen atoms in total. The second-order valence-corrected chi connectivity index (χ2v) is 13.4. The number of likely N-dealkylation sites (N-methyl/N-ethyl adjacent to an activating group) is 1. The molecular formula is C43H43N5O4. The van der Waals surface area contributed by atoms with Crippen molar-refractivity contribution in [2.45, 2.75) is 45.0 Å². The molecule has 0 spiro atoms. The molecule has 2 aromatic heterocycles. The van der Waals surface area contributed by atoms with E-state index in [1.165, 1.54) is 6.20 Å². The Kier molecular flexibility index (Phi) is 11.0. The maximum Gasteiger partial charge on any atom is 0.271 e. The molecule has 1 fully saturated rings. The van der Waals surface area contributed by atoms with Gasteiger partial charge in [-0.15, -0.1) is 0 Å². The van der Waals surface area contributed by atoms with Crippen LogP contribution in [-0.2, 0) is 29.0 Å². The fourth-order valence-electron chi connectivity index (χ4n) is 6.64. The summed E-state index contributed by atoms with van der Waals surface area (Å²) in [5.41, 5.74) is 8.63. The number of hydrogen-bond donors (Lipinski definition) is 2. The second-order valence-electron chi connectivity index (χ2n) is 13.4. The minimum Gasteiger partial charge on any atom is -0.392 e. The van der Waals surface area contributed by atoms with Gasteiger partial charge in [0.2, 0.25) is 0 Å². The number of nitrogens with zero attached hydrogens (tertiary/aromatic N) is 4. The number of ether oxygens (including phenoxy) is 2. The predicted molar refractivity (Wildman–Crippen MR) is 201 cm³/mol. The number of aliphatic hydroxyl groups excluding tert-OH is 1. The van der Waals surface area contributed by atoms with Gasteiger partial charge in [-0.05, 0) is 71.3 Å². The summed E-state index contributed by atoms with van der Waals surface area (Å²) in [5, 5.41) is 12.6. The van der Waals surface area contributed by atoms with Crippen molar-refractivity contribution in [2.75, 3.05) is 20.1 Å². The van der Waals surface area contributed by atoms with Crippen molar-refractivity contribution in [2.24, 2.45) is 5.92 Å². The molecule has 1 saturated heterocycles. The van der Waals surface area contributed by atoms with Crippen LogP contribution in [0, 0.1) is 5.92 Å². The number of aliphatic hydroxyl groups is 1. The van der Waals surface area contributed by atoms with Crippen molar-refractivity contribution in [1.29, 1.82) is 0 Å². The molecule has 0 saturated carbocycles. The van der Waals surface area contributed by atoms with E-state index in [0.29, 0.717) is 12.1 Å². The standard InChI is InChI=1S/C43H43N5O4/c1-29-40(27-48(2)22-20-36-13-5-6-21-44-36)51-43(52-41(29)32-18-16-30(28-49)17-19-32)35-12-8-11-34(24-35)33-10-7-9-31(23-33)25-46-42(50)39-26-45-37-14-3-4-15-38(37)47-39/h3-19,21,23-24,26,29,40-41,43,49H,20,22,25,27-28H2,1-2H3,(H,46,50)/t29-,40+,41+,43+/m1/s1. The largest absolute Gasteiger partial charge is 0.392 e. The number of rotatable bonds is 12. The monoisotopic (exact) mass is 693 g/mol. The predicted octanol–water partition coefficient (Wildman–Crippen LogP) is 7.08. The Bertz CT molecular complexity index is 2110. The average molecular weight is 694 g/mol. The summed E-state index contributed by atoms with van der Waals surface area (Å²) in [4.78, 5) is 28.6. The van der Waals surface area contributed by atoms with Crippen LogP contribution >= 0.6 is 0 Å². The number of benzene rings is 4. The van der Waals surface area contributed by atoms with Crippen molar-refractivity contribution in [3.63, 3.8) is 0 Å². The summed E-state index contributed by atoms with van der Waals surface area (Å²) in [6.07, 6.45) is 3.31. The Morgan fingerprint density at radius 1 is 0.808 bits per heavy atom. The quantitative estimate of drug-likeness (QED) is 0.140. The normalized spacial score (nSPS) is 18.8. The molecule has 52 heavy (non-hydrogen) atoms. The second kappa shape index (κ2) is 16.4. The van der Waals surface area contributed by atoms with Crippen LogP contribution in [0.2, 0.25) is 0 Å². The van der Waals surface area contributed by atoms with Gasteiger partial charge >= 0.3 is 0 Å². The van der Waals surface area contributed by atoms with Crippen LogP contribution in [0.25, 0.3) is 22.2 Å². The highest BCUT2D eigenvalue weighted by molar-refractivity contribution is 5.93. The lowest BCUT2D eigenvalue weighted by Crippen LogP contribution is -2.43. The SMILES string of the molecule is C[C@@H]1[C@H](CN(C)CCc2ccccn2)O[C@H](c2cccc(-c3cccc(CNC(=O)c4cnc5ccccc5n4)c3)c2)O[C@@H]1c1ccc(CO)cc1. The highest BCUT2D eigenvalue weighted by Gasteiger charge is 2.39. The zero-order chi connectivity index (χ0) is 35.9. The maximum absolute atomic E-state index is 13.0. The third-order valence-corrected chi connectivity index (χ3v) is 9.64. The van der Waals surface area contributed by atoms with E-state index < -0.39 is 6.29 Å². The van der Waals surface area contributed by atoms with Crippen molar-refractivity contribution in [3.05, 3.63) is 161 Å². The third kappa shape index (κ3) is 8.41. The summed E-state index contributed by atoms with van der Waals surface area (Å²) in [7, 11) is 2.12. The lowest BCUT2D eigenvalue weighted by atomic mass is 9.90. The van der Waals surface area contributed by atoms with Crippen molar-refractivity contribution < 1.29 is 19.4 Å². The van der Waals surface area contributed by atoms with Crippen molar-refractivity contribution in [3.8, 4) is 11.1 Å². The molecule has 1 amide bonds. The number of nitrogens with one attached hydrogen (secondary N) is 1. The van der Waals surface area contributed by atoms with Gasteiger partial charge in [-0.25, -0.2) is 4.98 Å². The van der Waals surface area contributed by atoms with Crippen molar-refractivity contribution in [1.82, 2.24) is 25.2 Å². The first-order valence-electron chi connectivity index (χ1n) is 17.7. The molecule has 1 aliphatic heterocycles. The maximum atomic E-state index is 13.0. The fourth-order valence-corrected chi connectivity index (χ4v) is 6.64. The van der Waals surface area contributed by atoms with Gasteiger partial charge < -0.3 is 24.8 Å². The van der Waals surface area contributed by atoms with E-state index in [0.717, 1.165) is 64.1 Å². The minimum absolute atomic E-state index is 0.00369. The number of fused-ring (bicyclic) bond motifs is 1. The van der Waals surface area contributed by atoms with Crippen LogP contribution < -0.4 is 5.32 Å².